The highest BCUT2D eigenvalue weighted by Crippen LogP contribution is 2.67. The van der Waals surface area contributed by atoms with Crippen LogP contribution in [0.5, 0.6) is 0 Å². The Kier molecular flexibility index (Phi) is 3.90. The van der Waals surface area contributed by atoms with Gasteiger partial charge in [-0.3, -0.25) is 9.59 Å². The monoisotopic (exact) mass is 352 g/mol. The number of carbonyl (C=O) groups excluding carboxylic acids is 2. The first-order valence-corrected chi connectivity index (χ1v) is 9.36. The first-order valence-electron chi connectivity index (χ1n) is 9.36. The summed E-state index contributed by atoms with van der Waals surface area (Å²) < 4.78 is 11.4. The van der Waals surface area contributed by atoms with Crippen molar-refractivity contribution in [1.82, 2.24) is 0 Å². The molecule has 0 aromatic carbocycles. The van der Waals surface area contributed by atoms with Crippen molar-refractivity contribution >= 4 is 11.9 Å². The minimum Gasteiger partial charge on any atom is -0.460 e. The van der Waals surface area contributed by atoms with Crippen LogP contribution in [-0.2, 0) is 19.1 Å². The number of rotatable bonds is 2. The van der Waals surface area contributed by atoms with Gasteiger partial charge in [0.1, 0.15) is 11.2 Å². The molecule has 0 aromatic heterocycles. The van der Waals surface area contributed by atoms with Crippen molar-refractivity contribution in [3.05, 3.63) is 0 Å². The molecule has 4 aliphatic rings. The molecule has 0 saturated heterocycles. The summed E-state index contributed by atoms with van der Waals surface area (Å²) in [6.07, 6.45) is 3.31. The molecule has 4 aliphatic carbocycles. The topological polar surface area (TPSA) is 72.8 Å². The minimum atomic E-state index is -0.965. The molecule has 0 spiro atoms. The molecular weight excluding hydrogens is 320 g/mol. The second-order valence-electron chi connectivity index (χ2n) is 10.8. The van der Waals surface area contributed by atoms with Crippen LogP contribution >= 0.6 is 0 Å². The average molecular weight is 352 g/mol. The third-order valence-corrected chi connectivity index (χ3v) is 5.70. The highest BCUT2D eigenvalue weighted by atomic mass is 16.6. The van der Waals surface area contributed by atoms with Crippen LogP contribution < -0.4 is 0 Å². The highest BCUT2D eigenvalue weighted by molar-refractivity contribution is 5.83. The zero-order valence-corrected chi connectivity index (χ0v) is 16.4. The largest absolute Gasteiger partial charge is 0.460 e. The van der Waals surface area contributed by atoms with E-state index in [-0.39, 0.29) is 17.9 Å². The Balaban J connectivity index is 1.93. The van der Waals surface area contributed by atoms with Crippen molar-refractivity contribution in [2.45, 2.75) is 96.9 Å². The van der Waals surface area contributed by atoms with Gasteiger partial charge in [0.05, 0.1) is 16.4 Å². The maximum absolute atomic E-state index is 13.0. The zero-order chi connectivity index (χ0) is 18.9. The van der Waals surface area contributed by atoms with E-state index in [1.807, 2.05) is 41.5 Å². The van der Waals surface area contributed by atoms with E-state index >= 15 is 0 Å². The summed E-state index contributed by atoms with van der Waals surface area (Å²) in [7, 11) is 0. The van der Waals surface area contributed by atoms with Gasteiger partial charge in [0.15, 0.2) is 0 Å². The van der Waals surface area contributed by atoms with E-state index in [2.05, 4.69) is 0 Å². The van der Waals surface area contributed by atoms with Crippen molar-refractivity contribution < 1.29 is 24.2 Å². The van der Waals surface area contributed by atoms with E-state index in [0.717, 1.165) is 0 Å². The minimum absolute atomic E-state index is 0.168. The molecular formula is C20H32O5. The Morgan fingerprint density at radius 2 is 1.20 bits per heavy atom. The van der Waals surface area contributed by atoms with Gasteiger partial charge in [0.25, 0.3) is 0 Å². The van der Waals surface area contributed by atoms with Crippen molar-refractivity contribution in [2.75, 3.05) is 0 Å². The van der Waals surface area contributed by atoms with Crippen LogP contribution in [0.3, 0.4) is 0 Å². The second-order valence-corrected chi connectivity index (χ2v) is 10.8. The summed E-state index contributed by atoms with van der Waals surface area (Å²) in [4.78, 5) is 26.0. The van der Waals surface area contributed by atoms with Crippen LogP contribution in [0.2, 0.25) is 0 Å². The molecule has 0 amide bonds. The summed E-state index contributed by atoms with van der Waals surface area (Å²) in [5, 5.41) is 11.1. The van der Waals surface area contributed by atoms with Crippen LogP contribution in [-0.4, -0.2) is 33.8 Å². The van der Waals surface area contributed by atoms with Crippen LogP contribution in [0.15, 0.2) is 0 Å². The SMILES string of the molecule is CC(C)(C)OC(=O)C12CC3CC(O)(C1)CC(C(=O)OC(C)(C)C)(C3)C2. The molecule has 0 aromatic rings. The van der Waals surface area contributed by atoms with Gasteiger partial charge < -0.3 is 14.6 Å². The molecule has 4 bridgehead atoms. The Bertz CT molecular complexity index is 550. The van der Waals surface area contributed by atoms with Crippen molar-refractivity contribution in [1.29, 1.82) is 0 Å². The van der Waals surface area contributed by atoms with E-state index in [1.54, 1.807) is 0 Å². The van der Waals surface area contributed by atoms with Gasteiger partial charge in [0, 0.05) is 0 Å². The summed E-state index contributed by atoms with van der Waals surface area (Å²) in [6, 6.07) is 0. The molecule has 5 nitrogen and oxygen atoms in total. The van der Waals surface area contributed by atoms with Crippen LogP contribution in [0.4, 0.5) is 0 Å². The van der Waals surface area contributed by atoms with Gasteiger partial charge >= 0.3 is 11.9 Å². The van der Waals surface area contributed by atoms with Crippen LogP contribution in [0.1, 0.15) is 80.1 Å². The molecule has 0 heterocycles. The molecule has 4 fully saturated rings. The molecule has 4 saturated carbocycles. The molecule has 0 radical (unpaired) electrons. The number of ether oxygens (including phenoxy) is 2. The van der Waals surface area contributed by atoms with E-state index in [0.29, 0.717) is 38.5 Å². The summed E-state index contributed by atoms with van der Waals surface area (Å²) in [5.74, 6) is -0.368. The van der Waals surface area contributed by atoms with Gasteiger partial charge in [-0.15, -0.1) is 0 Å². The Hall–Kier alpha value is -1.10. The first-order chi connectivity index (χ1) is 11.2. The summed E-state index contributed by atoms with van der Waals surface area (Å²) in [5.41, 5.74) is -3.66. The zero-order valence-electron chi connectivity index (χ0n) is 16.4. The summed E-state index contributed by atoms with van der Waals surface area (Å²) in [6.45, 7) is 11.1. The van der Waals surface area contributed by atoms with E-state index < -0.39 is 27.6 Å². The predicted octanol–water partition coefficient (Wildman–Crippen LogP) is 3.37. The second kappa shape index (κ2) is 5.21. The van der Waals surface area contributed by atoms with Gasteiger partial charge in [-0.1, -0.05) is 0 Å². The average Bonchev–Trinajstić information content (AvgIpc) is 2.31. The number of hydrogen-bond acceptors (Lipinski definition) is 5. The lowest BCUT2D eigenvalue weighted by Crippen LogP contribution is -2.65. The fourth-order valence-corrected chi connectivity index (χ4v) is 5.62. The molecule has 5 heteroatoms. The molecule has 2 unspecified atom stereocenters. The fourth-order valence-electron chi connectivity index (χ4n) is 5.62. The Morgan fingerprint density at radius 1 is 0.800 bits per heavy atom. The number of esters is 2. The predicted molar refractivity (Wildman–Crippen MR) is 92.7 cm³/mol. The maximum Gasteiger partial charge on any atom is 0.312 e. The van der Waals surface area contributed by atoms with Crippen molar-refractivity contribution in [2.24, 2.45) is 16.7 Å². The maximum atomic E-state index is 13.0. The summed E-state index contributed by atoms with van der Waals surface area (Å²) >= 11 is 0. The van der Waals surface area contributed by atoms with E-state index in [9.17, 15) is 14.7 Å². The van der Waals surface area contributed by atoms with E-state index in [1.165, 1.54) is 0 Å². The Labute approximate surface area is 150 Å². The lowest BCUT2D eigenvalue weighted by Gasteiger charge is -2.62. The van der Waals surface area contributed by atoms with Gasteiger partial charge in [-0.2, -0.15) is 0 Å². The van der Waals surface area contributed by atoms with Crippen molar-refractivity contribution in [3.8, 4) is 0 Å². The highest BCUT2D eigenvalue weighted by Gasteiger charge is 2.69. The molecule has 0 aliphatic heterocycles. The molecule has 1 N–H and O–H groups in total. The lowest BCUT2D eigenvalue weighted by atomic mass is 9.42. The molecule has 4 rings (SSSR count). The van der Waals surface area contributed by atoms with Gasteiger partial charge in [-0.05, 0) is 86.0 Å². The number of hydrogen-bond donors (Lipinski definition) is 1. The first kappa shape index (κ1) is 18.7. The lowest BCUT2D eigenvalue weighted by molar-refractivity contribution is -0.232. The van der Waals surface area contributed by atoms with Crippen LogP contribution in [0, 0.1) is 16.7 Å². The third kappa shape index (κ3) is 3.44. The Morgan fingerprint density at radius 3 is 1.52 bits per heavy atom. The van der Waals surface area contributed by atoms with Crippen molar-refractivity contribution in [3.63, 3.8) is 0 Å². The quantitative estimate of drug-likeness (QED) is 0.771. The number of carbonyl (C=O) groups is 2. The molecule has 142 valence electrons. The standard InChI is InChI=1S/C20H32O5/c1-16(2,3)24-14(21)18-7-13-8-19(10-18,12-20(23,9-13)11-18)15(22)25-17(4,5)6/h13,23H,7-12H2,1-6H3. The van der Waals surface area contributed by atoms with Gasteiger partial charge in [-0.25, -0.2) is 0 Å². The smallest absolute Gasteiger partial charge is 0.312 e. The third-order valence-electron chi connectivity index (χ3n) is 5.70. The van der Waals surface area contributed by atoms with E-state index in [4.69, 9.17) is 9.47 Å². The molecule has 2 atom stereocenters. The normalized spacial score (nSPS) is 40.0. The number of aliphatic hydroxyl groups is 1. The fraction of sp³-hybridized carbons (Fsp3) is 0.900. The van der Waals surface area contributed by atoms with Crippen LogP contribution in [0.25, 0.3) is 0 Å². The molecule has 25 heavy (non-hydrogen) atoms. The van der Waals surface area contributed by atoms with Gasteiger partial charge in [0.2, 0.25) is 0 Å².